The Balaban J connectivity index is 1.32. The summed E-state index contributed by atoms with van der Waals surface area (Å²) in [5.74, 6) is 1.09. The standard InChI is InChI=1S/C46H28O2/c1-7-21-35-27(13-1)37(25-39-29-15-9-11-23-41(29)47-45(35)39)43-31-17-3-5-19-33(31)44(34-20-6-4-18-32(34)43)38-26-40-30-16-10-12-24-42(30)48-46(40)36-22-8-2-14-28(36)38/h1-11,13-23,25-26H,12,24H2. The van der Waals surface area contributed by atoms with Gasteiger partial charge in [0.05, 0.1) is 0 Å². The molecule has 2 heteroatoms. The van der Waals surface area contributed by atoms with Crippen molar-refractivity contribution in [3.63, 3.8) is 0 Å². The van der Waals surface area contributed by atoms with Gasteiger partial charge in [0.1, 0.15) is 22.5 Å². The number of para-hydroxylation sites is 1. The largest absolute Gasteiger partial charge is 0.460 e. The summed E-state index contributed by atoms with van der Waals surface area (Å²) in [6, 6.07) is 48.5. The van der Waals surface area contributed by atoms with Crippen LogP contribution < -0.4 is 0 Å². The molecule has 0 saturated heterocycles. The Morgan fingerprint density at radius 2 is 0.854 bits per heavy atom. The second-order valence-electron chi connectivity index (χ2n) is 13.0. The number of allylic oxidation sites excluding steroid dienone is 1. The van der Waals surface area contributed by atoms with Gasteiger partial charge in [0, 0.05) is 38.9 Å². The minimum absolute atomic E-state index is 0.915. The second kappa shape index (κ2) is 9.70. The first-order chi connectivity index (χ1) is 23.8. The molecule has 0 saturated carbocycles. The van der Waals surface area contributed by atoms with Crippen LogP contribution in [0.15, 0.2) is 148 Å². The molecule has 10 aromatic rings. The smallest absolute Gasteiger partial charge is 0.143 e. The van der Waals surface area contributed by atoms with Crippen molar-refractivity contribution in [3.8, 4) is 22.3 Å². The van der Waals surface area contributed by atoms with Gasteiger partial charge in [-0.25, -0.2) is 0 Å². The zero-order valence-corrected chi connectivity index (χ0v) is 26.1. The van der Waals surface area contributed by atoms with Gasteiger partial charge < -0.3 is 8.83 Å². The number of hydrogen-bond donors (Lipinski definition) is 0. The molecule has 0 atom stereocenters. The lowest BCUT2D eigenvalue weighted by molar-refractivity contribution is 0.549. The lowest BCUT2D eigenvalue weighted by atomic mass is 9.83. The first-order valence-corrected chi connectivity index (χ1v) is 16.7. The Morgan fingerprint density at radius 3 is 1.44 bits per heavy atom. The maximum atomic E-state index is 6.59. The van der Waals surface area contributed by atoms with Gasteiger partial charge in [-0.3, -0.25) is 0 Å². The highest BCUT2D eigenvalue weighted by molar-refractivity contribution is 6.29. The van der Waals surface area contributed by atoms with Crippen LogP contribution in [0.1, 0.15) is 17.7 Å². The number of furan rings is 2. The highest BCUT2D eigenvalue weighted by Crippen LogP contribution is 2.50. The van der Waals surface area contributed by atoms with E-state index in [4.69, 9.17) is 8.83 Å². The summed E-state index contributed by atoms with van der Waals surface area (Å²) in [5, 5.41) is 13.1. The fourth-order valence-corrected chi connectivity index (χ4v) is 8.44. The highest BCUT2D eigenvalue weighted by Gasteiger charge is 2.24. The van der Waals surface area contributed by atoms with Crippen molar-refractivity contribution in [2.24, 2.45) is 0 Å². The lowest BCUT2D eigenvalue weighted by Gasteiger charge is -2.20. The van der Waals surface area contributed by atoms with Crippen molar-refractivity contribution >= 4 is 82.1 Å². The summed E-state index contributed by atoms with van der Waals surface area (Å²) in [7, 11) is 0. The van der Waals surface area contributed by atoms with Crippen LogP contribution in [0, 0.1) is 0 Å². The van der Waals surface area contributed by atoms with E-state index in [1.165, 1.54) is 65.5 Å². The minimum atomic E-state index is 0.915. The zero-order chi connectivity index (χ0) is 31.3. The van der Waals surface area contributed by atoms with Crippen LogP contribution in [-0.4, -0.2) is 0 Å². The van der Waals surface area contributed by atoms with Crippen LogP contribution in [0.3, 0.4) is 0 Å². The maximum Gasteiger partial charge on any atom is 0.143 e. The van der Waals surface area contributed by atoms with Gasteiger partial charge in [0.25, 0.3) is 0 Å². The van der Waals surface area contributed by atoms with Gasteiger partial charge in [-0.1, -0.05) is 127 Å². The topological polar surface area (TPSA) is 26.3 Å². The van der Waals surface area contributed by atoms with Gasteiger partial charge in [-0.2, -0.15) is 0 Å². The lowest BCUT2D eigenvalue weighted by Crippen LogP contribution is -1.93. The van der Waals surface area contributed by atoms with Crippen LogP contribution in [0.25, 0.3) is 104 Å². The van der Waals surface area contributed by atoms with Crippen LogP contribution in [0.2, 0.25) is 0 Å². The maximum absolute atomic E-state index is 6.59. The second-order valence-corrected chi connectivity index (χ2v) is 13.0. The Hall–Kier alpha value is -6.12. The van der Waals surface area contributed by atoms with Gasteiger partial charge in [0.2, 0.25) is 0 Å². The molecule has 0 amide bonds. The van der Waals surface area contributed by atoms with E-state index < -0.39 is 0 Å². The molecular weight excluding hydrogens is 585 g/mol. The van der Waals surface area contributed by atoms with Crippen molar-refractivity contribution in [2.45, 2.75) is 12.8 Å². The zero-order valence-electron chi connectivity index (χ0n) is 26.1. The van der Waals surface area contributed by atoms with Gasteiger partial charge in [-0.15, -0.1) is 0 Å². The normalized spacial score (nSPS) is 13.2. The van der Waals surface area contributed by atoms with Crippen LogP contribution in [0.4, 0.5) is 0 Å². The molecule has 0 fully saturated rings. The quantitative estimate of drug-likeness (QED) is 0.182. The summed E-state index contributed by atoms with van der Waals surface area (Å²) < 4.78 is 13.1. The molecule has 8 aromatic carbocycles. The third-order valence-corrected chi connectivity index (χ3v) is 10.5. The molecule has 11 rings (SSSR count). The fourth-order valence-electron chi connectivity index (χ4n) is 8.44. The van der Waals surface area contributed by atoms with Gasteiger partial charge in [-0.05, 0) is 79.2 Å². The molecule has 224 valence electrons. The van der Waals surface area contributed by atoms with E-state index in [2.05, 4.69) is 140 Å². The molecule has 1 aliphatic rings. The Morgan fingerprint density at radius 1 is 0.396 bits per heavy atom. The predicted molar refractivity (Wildman–Crippen MR) is 202 cm³/mol. The average Bonchev–Trinajstić information content (AvgIpc) is 3.72. The van der Waals surface area contributed by atoms with Crippen molar-refractivity contribution < 1.29 is 8.83 Å². The molecular formula is C46H28O2. The number of rotatable bonds is 2. The Bertz CT molecular complexity index is 2950. The van der Waals surface area contributed by atoms with Crippen molar-refractivity contribution in [1.82, 2.24) is 0 Å². The number of aryl methyl sites for hydroxylation is 1. The molecule has 0 aliphatic heterocycles. The molecule has 0 bridgehead atoms. The van der Waals surface area contributed by atoms with E-state index in [9.17, 15) is 0 Å². The molecule has 0 radical (unpaired) electrons. The van der Waals surface area contributed by atoms with Crippen LogP contribution >= 0.6 is 0 Å². The first kappa shape index (κ1) is 26.0. The third kappa shape index (κ3) is 3.47. The van der Waals surface area contributed by atoms with Crippen molar-refractivity contribution in [2.75, 3.05) is 0 Å². The molecule has 2 heterocycles. The summed E-state index contributed by atoms with van der Waals surface area (Å²) >= 11 is 0. The van der Waals surface area contributed by atoms with Crippen molar-refractivity contribution in [1.29, 1.82) is 0 Å². The van der Waals surface area contributed by atoms with E-state index in [1.807, 2.05) is 6.07 Å². The average molecular weight is 613 g/mol. The number of fused-ring (bicyclic) bond motifs is 12. The molecule has 2 aromatic heterocycles. The summed E-state index contributed by atoms with van der Waals surface area (Å²) in [6.07, 6.45) is 6.48. The molecule has 48 heavy (non-hydrogen) atoms. The molecule has 1 aliphatic carbocycles. The summed E-state index contributed by atoms with van der Waals surface area (Å²) in [5.41, 5.74) is 9.04. The molecule has 2 nitrogen and oxygen atoms in total. The van der Waals surface area contributed by atoms with E-state index in [0.717, 1.165) is 56.9 Å². The summed E-state index contributed by atoms with van der Waals surface area (Å²) in [6.45, 7) is 0. The molecule has 0 N–H and O–H groups in total. The van der Waals surface area contributed by atoms with E-state index in [0.29, 0.717) is 0 Å². The monoisotopic (exact) mass is 612 g/mol. The van der Waals surface area contributed by atoms with E-state index in [1.54, 1.807) is 0 Å². The van der Waals surface area contributed by atoms with Crippen LogP contribution in [0.5, 0.6) is 0 Å². The molecule has 0 unspecified atom stereocenters. The summed E-state index contributed by atoms with van der Waals surface area (Å²) in [4.78, 5) is 0. The van der Waals surface area contributed by atoms with E-state index >= 15 is 0 Å². The highest BCUT2D eigenvalue weighted by atomic mass is 16.3. The van der Waals surface area contributed by atoms with Crippen molar-refractivity contribution in [3.05, 3.63) is 151 Å². The van der Waals surface area contributed by atoms with Gasteiger partial charge >= 0.3 is 0 Å². The fraction of sp³-hybridized carbons (Fsp3) is 0.0435. The number of benzene rings is 8. The predicted octanol–water partition coefficient (Wildman–Crippen LogP) is 13.2. The van der Waals surface area contributed by atoms with Crippen LogP contribution in [-0.2, 0) is 6.42 Å². The first-order valence-electron chi connectivity index (χ1n) is 16.7. The SMILES string of the molecule is C1=Cc2c(oc3c2cc(-c2c4ccccc4c(-c4cc5c6ccccc6oc5c5ccccc45)c4ccccc24)c2ccccc23)CC1. The molecule has 0 spiro atoms. The third-order valence-electron chi connectivity index (χ3n) is 10.5. The Kier molecular flexibility index (Phi) is 5.25. The van der Waals surface area contributed by atoms with Gasteiger partial charge in [0.15, 0.2) is 0 Å². The van der Waals surface area contributed by atoms with E-state index in [-0.39, 0.29) is 0 Å². The Labute approximate surface area is 276 Å². The minimum Gasteiger partial charge on any atom is -0.460 e. The number of hydrogen-bond acceptors (Lipinski definition) is 2.